The van der Waals surface area contributed by atoms with Crippen LogP contribution >= 0.6 is 0 Å². The van der Waals surface area contributed by atoms with Gasteiger partial charge in [0.05, 0.1) is 0 Å². The van der Waals surface area contributed by atoms with Gasteiger partial charge in [0.1, 0.15) is 0 Å². The minimum absolute atomic E-state index is 0.997. The molecule has 0 aliphatic rings. The molecule has 0 heterocycles. The van der Waals surface area contributed by atoms with Crippen molar-refractivity contribution in [3.05, 3.63) is 68.8 Å². The molecular formula is C24H26. The van der Waals surface area contributed by atoms with Crippen LogP contribution in [0, 0.1) is 51.4 Å². The quantitative estimate of drug-likeness (QED) is 0.647. The topological polar surface area (TPSA) is 0 Å². The predicted molar refractivity (Wildman–Crippen MR) is 104 cm³/mol. The van der Waals surface area contributed by atoms with E-state index in [0.717, 1.165) is 24.0 Å². The maximum absolute atomic E-state index is 3.27. The van der Waals surface area contributed by atoms with E-state index in [2.05, 4.69) is 89.5 Å². The van der Waals surface area contributed by atoms with Crippen molar-refractivity contribution in [3.63, 3.8) is 0 Å². The SMILES string of the molecule is CCc1cc(C)cc(C)c1C#CC#Cc1c(C)cc(C)cc1CC. The van der Waals surface area contributed by atoms with E-state index in [1.165, 1.54) is 33.4 Å². The molecule has 0 aliphatic carbocycles. The molecule has 0 radical (unpaired) electrons. The molecule has 0 saturated carbocycles. The summed E-state index contributed by atoms with van der Waals surface area (Å²) in [6, 6.07) is 8.83. The molecule has 0 aromatic heterocycles. The third-order valence-electron chi connectivity index (χ3n) is 4.32. The molecule has 2 aromatic carbocycles. The molecule has 0 fully saturated rings. The van der Waals surface area contributed by atoms with Gasteiger partial charge in [-0.15, -0.1) is 0 Å². The summed E-state index contributed by atoms with van der Waals surface area (Å²) in [6.07, 6.45) is 1.99. The highest BCUT2D eigenvalue weighted by Gasteiger charge is 2.04. The number of hydrogen-bond donors (Lipinski definition) is 0. The van der Waals surface area contributed by atoms with E-state index in [0.29, 0.717) is 0 Å². The Morgan fingerprint density at radius 1 is 0.625 bits per heavy atom. The van der Waals surface area contributed by atoms with E-state index >= 15 is 0 Å². The zero-order valence-corrected chi connectivity index (χ0v) is 15.7. The highest BCUT2D eigenvalue weighted by molar-refractivity contribution is 5.54. The average molecular weight is 314 g/mol. The third-order valence-corrected chi connectivity index (χ3v) is 4.32. The first-order valence-electron chi connectivity index (χ1n) is 8.68. The Kier molecular flexibility index (Phi) is 5.89. The van der Waals surface area contributed by atoms with Crippen molar-refractivity contribution in [3.8, 4) is 23.7 Å². The van der Waals surface area contributed by atoms with Crippen molar-refractivity contribution < 1.29 is 0 Å². The Balaban J connectivity index is 2.39. The second kappa shape index (κ2) is 7.90. The molecule has 0 bridgehead atoms. The van der Waals surface area contributed by atoms with E-state index in [-0.39, 0.29) is 0 Å². The molecule has 0 unspecified atom stereocenters. The molecule has 0 nitrogen and oxygen atoms in total. The molecule has 0 heteroatoms. The zero-order chi connectivity index (χ0) is 17.7. The largest absolute Gasteiger partial charge is 0.0612 e. The van der Waals surface area contributed by atoms with E-state index < -0.39 is 0 Å². The van der Waals surface area contributed by atoms with Crippen molar-refractivity contribution >= 4 is 0 Å². The average Bonchev–Trinajstić information content (AvgIpc) is 2.53. The van der Waals surface area contributed by atoms with Crippen LogP contribution in [-0.2, 0) is 12.8 Å². The van der Waals surface area contributed by atoms with Gasteiger partial charge in [0.15, 0.2) is 0 Å². The van der Waals surface area contributed by atoms with Crippen LogP contribution in [0.4, 0.5) is 0 Å². The standard InChI is InChI=1S/C24H26/c1-7-21-15-17(3)13-19(5)23(21)11-9-10-12-24-20(6)14-18(4)16-22(24)8-2/h13-16H,7-8H2,1-6H3. The number of aryl methyl sites for hydroxylation is 6. The zero-order valence-electron chi connectivity index (χ0n) is 15.7. The van der Waals surface area contributed by atoms with Gasteiger partial charge >= 0.3 is 0 Å². The maximum atomic E-state index is 3.27. The molecule has 0 amide bonds. The Hall–Kier alpha value is -2.44. The van der Waals surface area contributed by atoms with Crippen molar-refractivity contribution in [2.75, 3.05) is 0 Å². The van der Waals surface area contributed by atoms with Gasteiger partial charge in [0.25, 0.3) is 0 Å². The van der Waals surface area contributed by atoms with Crippen LogP contribution in [0.1, 0.15) is 58.4 Å². The number of rotatable bonds is 2. The van der Waals surface area contributed by atoms with Crippen LogP contribution in [0.5, 0.6) is 0 Å². The second-order valence-corrected chi connectivity index (χ2v) is 6.44. The van der Waals surface area contributed by atoms with E-state index in [9.17, 15) is 0 Å². The summed E-state index contributed by atoms with van der Waals surface area (Å²) in [7, 11) is 0. The second-order valence-electron chi connectivity index (χ2n) is 6.44. The monoisotopic (exact) mass is 314 g/mol. The fraction of sp³-hybridized carbons (Fsp3) is 0.333. The minimum atomic E-state index is 0.997. The summed E-state index contributed by atoms with van der Waals surface area (Å²) in [6.45, 7) is 12.9. The molecule has 0 spiro atoms. The lowest BCUT2D eigenvalue weighted by Gasteiger charge is -2.07. The Morgan fingerprint density at radius 3 is 1.33 bits per heavy atom. The van der Waals surface area contributed by atoms with Crippen molar-refractivity contribution in [2.24, 2.45) is 0 Å². The van der Waals surface area contributed by atoms with Gasteiger partial charge in [-0.3, -0.25) is 0 Å². The summed E-state index contributed by atoms with van der Waals surface area (Å²) >= 11 is 0. The summed E-state index contributed by atoms with van der Waals surface area (Å²) < 4.78 is 0. The molecule has 0 atom stereocenters. The van der Waals surface area contributed by atoms with E-state index in [1.54, 1.807) is 0 Å². The first-order chi connectivity index (χ1) is 11.5. The van der Waals surface area contributed by atoms with Crippen LogP contribution in [0.3, 0.4) is 0 Å². The van der Waals surface area contributed by atoms with Crippen LogP contribution < -0.4 is 0 Å². The van der Waals surface area contributed by atoms with Gasteiger partial charge in [-0.05, 0) is 74.6 Å². The number of benzene rings is 2. The smallest absolute Gasteiger partial charge is 0.0316 e. The first-order valence-corrected chi connectivity index (χ1v) is 8.68. The molecule has 0 saturated heterocycles. The predicted octanol–water partition coefficient (Wildman–Crippen LogP) is 5.45. The van der Waals surface area contributed by atoms with Gasteiger partial charge < -0.3 is 0 Å². The van der Waals surface area contributed by atoms with Gasteiger partial charge in [-0.2, -0.15) is 0 Å². The van der Waals surface area contributed by atoms with Crippen LogP contribution in [-0.4, -0.2) is 0 Å². The van der Waals surface area contributed by atoms with Gasteiger partial charge in [-0.1, -0.05) is 61.1 Å². The summed E-state index contributed by atoms with van der Waals surface area (Å²) in [5.74, 6) is 12.7. The minimum Gasteiger partial charge on any atom is -0.0612 e. The Bertz CT molecular complexity index is 799. The Labute approximate surface area is 147 Å². The van der Waals surface area contributed by atoms with Crippen molar-refractivity contribution in [2.45, 2.75) is 54.4 Å². The maximum Gasteiger partial charge on any atom is 0.0316 e. The highest BCUT2D eigenvalue weighted by atomic mass is 14.1. The molecule has 2 aromatic rings. The van der Waals surface area contributed by atoms with Gasteiger partial charge in [0, 0.05) is 11.1 Å². The molecule has 122 valence electrons. The van der Waals surface area contributed by atoms with Crippen LogP contribution in [0.25, 0.3) is 0 Å². The van der Waals surface area contributed by atoms with Crippen LogP contribution in [0.15, 0.2) is 24.3 Å². The summed E-state index contributed by atoms with van der Waals surface area (Å²) in [5, 5.41) is 0. The number of hydrogen-bond acceptors (Lipinski definition) is 0. The fourth-order valence-corrected chi connectivity index (χ4v) is 3.21. The van der Waals surface area contributed by atoms with E-state index in [1.807, 2.05) is 0 Å². The lowest BCUT2D eigenvalue weighted by atomic mass is 9.97. The van der Waals surface area contributed by atoms with Gasteiger partial charge in [0.2, 0.25) is 0 Å². The normalized spacial score (nSPS) is 9.75. The lowest BCUT2D eigenvalue weighted by Crippen LogP contribution is -1.94. The molecule has 0 aliphatic heterocycles. The van der Waals surface area contributed by atoms with Crippen LogP contribution in [0.2, 0.25) is 0 Å². The molecule has 24 heavy (non-hydrogen) atoms. The first kappa shape index (κ1) is 17.9. The van der Waals surface area contributed by atoms with Gasteiger partial charge in [-0.25, -0.2) is 0 Å². The fourth-order valence-electron chi connectivity index (χ4n) is 3.21. The molecular weight excluding hydrogens is 288 g/mol. The summed E-state index contributed by atoms with van der Waals surface area (Å²) in [4.78, 5) is 0. The lowest BCUT2D eigenvalue weighted by molar-refractivity contribution is 1.11. The van der Waals surface area contributed by atoms with Crippen molar-refractivity contribution in [1.82, 2.24) is 0 Å². The Morgan fingerprint density at radius 2 is 1.00 bits per heavy atom. The molecule has 0 N–H and O–H groups in total. The third kappa shape index (κ3) is 4.10. The van der Waals surface area contributed by atoms with Crippen molar-refractivity contribution in [1.29, 1.82) is 0 Å². The highest BCUT2D eigenvalue weighted by Crippen LogP contribution is 2.17. The molecule has 2 rings (SSSR count). The van der Waals surface area contributed by atoms with E-state index in [4.69, 9.17) is 0 Å². The summed E-state index contributed by atoms with van der Waals surface area (Å²) in [5.41, 5.74) is 9.95.